The first-order valence-corrected chi connectivity index (χ1v) is 4.00. The van der Waals surface area contributed by atoms with Gasteiger partial charge in [0.25, 0.3) is 0 Å². The lowest BCUT2D eigenvalue weighted by Gasteiger charge is -1.86. The van der Waals surface area contributed by atoms with Gasteiger partial charge in [0.1, 0.15) is 6.29 Å². The molecule has 0 aromatic rings. The number of carbonyl (C=O) groups is 1. The van der Waals surface area contributed by atoms with Gasteiger partial charge in [-0.25, -0.2) is 0 Å². The molecule has 0 radical (unpaired) electrons. The second-order valence-electron chi connectivity index (χ2n) is 2.36. The molecule has 0 fully saturated rings. The number of aldehydes is 1. The lowest BCUT2D eigenvalue weighted by molar-refractivity contribution is -0.107. The minimum absolute atomic E-state index is 0.705. The minimum atomic E-state index is 0.705. The largest absolute Gasteiger partial charge is 0.303 e. The van der Waals surface area contributed by atoms with Crippen molar-refractivity contribution in [3.63, 3.8) is 0 Å². The van der Waals surface area contributed by atoms with Gasteiger partial charge in [0.15, 0.2) is 0 Å². The van der Waals surface area contributed by atoms with Crippen molar-refractivity contribution in [3.8, 4) is 0 Å². The molecule has 0 amide bonds. The van der Waals surface area contributed by atoms with E-state index in [4.69, 9.17) is 0 Å². The summed E-state index contributed by atoms with van der Waals surface area (Å²) in [5.74, 6) is 0. The topological polar surface area (TPSA) is 17.1 Å². The number of hydrogen-bond acceptors (Lipinski definition) is 1. The Morgan fingerprint density at radius 2 is 1.80 bits per heavy atom. The van der Waals surface area contributed by atoms with E-state index in [0.717, 1.165) is 19.1 Å². The first-order chi connectivity index (χ1) is 4.91. The molecule has 0 unspecified atom stereocenters. The fraction of sp³-hybridized carbons (Fsp3) is 0.667. The molecule has 0 heterocycles. The maximum absolute atomic E-state index is 9.87. The van der Waals surface area contributed by atoms with Crippen molar-refractivity contribution in [2.24, 2.45) is 0 Å². The summed E-state index contributed by atoms with van der Waals surface area (Å²) in [6, 6.07) is 0. The molecule has 1 heteroatoms. The Kier molecular flexibility index (Phi) is 7.91. The van der Waals surface area contributed by atoms with Crippen molar-refractivity contribution < 1.29 is 4.79 Å². The highest BCUT2D eigenvalue weighted by Gasteiger charge is 1.80. The standard InChI is InChI=1S/C9H16O/c1-2-3-4-5-6-7-8-9-10/h4-5,9H,2-3,6-8H2,1H3/b5-4+. The van der Waals surface area contributed by atoms with Crippen molar-refractivity contribution in [3.05, 3.63) is 12.2 Å². The van der Waals surface area contributed by atoms with Gasteiger partial charge in [-0.2, -0.15) is 0 Å². The van der Waals surface area contributed by atoms with Crippen LogP contribution in [0.25, 0.3) is 0 Å². The molecule has 0 aliphatic carbocycles. The molecule has 0 aliphatic heterocycles. The van der Waals surface area contributed by atoms with Crippen LogP contribution in [0.15, 0.2) is 12.2 Å². The van der Waals surface area contributed by atoms with E-state index < -0.39 is 0 Å². The van der Waals surface area contributed by atoms with Crippen molar-refractivity contribution in [1.29, 1.82) is 0 Å². The van der Waals surface area contributed by atoms with Gasteiger partial charge >= 0.3 is 0 Å². The molecular formula is C9H16O. The Hall–Kier alpha value is -0.590. The predicted octanol–water partition coefficient (Wildman–Crippen LogP) is 2.71. The zero-order valence-electron chi connectivity index (χ0n) is 6.68. The van der Waals surface area contributed by atoms with Crippen LogP contribution in [-0.4, -0.2) is 6.29 Å². The molecule has 0 N–H and O–H groups in total. The van der Waals surface area contributed by atoms with Gasteiger partial charge in [-0.3, -0.25) is 0 Å². The average molecular weight is 140 g/mol. The summed E-state index contributed by atoms with van der Waals surface area (Å²) in [5.41, 5.74) is 0. The molecule has 0 saturated heterocycles. The van der Waals surface area contributed by atoms with Gasteiger partial charge in [0.2, 0.25) is 0 Å². The fourth-order valence-electron chi connectivity index (χ4n) is 0.721. The van der Waals surface area contributed by atoms with Gasteiger partial charge in [-0.05, 0) is 19.3 Å². The van der Waals surface area contributed by atoms with Crippen LogP contribution in [0.4, 0.5) is 0 Å². The van der Waals surface area contributed by atoms with Gasteiger partial charge in [-0.15, -0.1) is 0 Å². The zero-order chi connectivity index (χ0) is 7.66. The Labute approximate surface area is 63.1 Å². The van der Waals surface area contributed by atoms with E-state index in [-0.39, 0.29) is 0 Å². The van der Waals surface area contributed by atoms with E-state index in [9.17, 15) is 4.79 Å². The van der Waals surface area contributed by atoms with Gasteiger partial charge < -0.3 is 4.79 Å². The Morgan fingerprint density at radius 1 is 1.10 bits per heavy atom. The van der Waals surface area contributed by atoms with E-state index in [1.807, 2.05) is 0 Å². The van der Waals surface area contributed by atoms with E-state index >= 15 is 0 Å². The molecule has 0 aromatic heterocycles. The second kappa shape index (κ2) is 8.41. The van der Waals surface area contributed by atoms with E-state index in [1.165, 1.54) is 12.8 Å². The molecule has 0 aliphatic rings. The molecule has 10 heavy (non-hydrogen) atoms. The van der Waals surface area contributed by atoms with Crippen molar-refractivity contribution in [1.82, 2.24) is 0 Å². The molecule has 58 valence electrons. The molecule has 0 bridgehead atoms. The first kappa shape index (κ1) is 9.41. The van der Waals surface area contributed by atoms with Crippen molar-refractivity contribution in [2.45, 2.75) is 39.0 Å². The van der Waals surface area contributed by atoms with Crippen LogP contribution in [0, 0.1) is 0 Å². The second-order valence-corrected chi connectivity index (χ2v) is 2.36. The molecule has 0 spiro atoms. The van der Waals surface area contributed by atoms with E-state index in [2.05, 4.69) is 19.1 Å². The van der Waals surface area contributed by atoms with Gasteiger partial charge in [-0.1, -0.05) is 25.5 Å². The van der Waals surface area contributed by atoms with Crippen LogP contribution >= 0.6 is 0 Å². The van der Waals surface area contributed by atoms with Crippen LogP contribution in [0.5, 0.6) is 0 Å². The number of rotatable bonds is 6. The highest BCUT2D eigenvalue weighted by Crippen LogP contribution is 1.96. The highest BCUT2D eigenvalue weighted by atomic mass is 16.1. The third-order valence-corrected chi connectivity index (χ3v) is 1.31. The molecule has 0 saturated carbocycles. The zero-order valence-corrected chi connectivity index (χ0v) is 6.68. The minimum Gasteiger partial charge on any atom is -0.303 e. The Morgan fingerprint density at radius 3 is 2.40 bits per heavy atom. The summed E-state index contributed by atoms with van der Waals surface area (Å²) in [5, 5.41) is 0. The highest BCUT2D eigenvalue weighted by molar-refractivity contribution is 5.48. The third-order valence-electron chi connectivity index (χ3n) is 1.31. The van der Waals surface area contributed by atoms with Crippen LogP contribution in [0.1, 0.15) is 39.0 Å². The van der Waals surface area contributed by atoms with Gasteiger partial charge in [0.05, 0.1) is 0 Å². The average Bonchev–Trinajstić information content (AvgIpc) is 1.97. The summed E-state index contributed by atoms with van der Waals surface area (Å²) < 4.78 is 0. The number of allylic oxidation sites excluding steroid dienone is 2. The lowest BCUT2D eigenvalue weighted by Crippen LogP contribution is -1.73. The van der Waals surface area contributed by atoms with Crippen molar-refractivity contribution >= 4 is 6.29 Å². The number of hydrogen-bond donors (Lipinski definition) is 0. The smallest absolute Gasteiger partial charge is 0.120 e. The first-order valence-electron chi connectivity index (χ1n) is 4.00. The van der Waals surface area contributed by atoms with Crippen LogP contribution in [0.3, 0.4) is 0 Å². The summed E-state index contributed by atoms with van der Waals surface area (Å²) >= 11 is 0. The molecule has 0 rings (SSSR count). The third kappa shape index (κ3) is 7.41. The fourth-order valence-corrected chi connectivity index (χ4v) is 0.721. The quantitative estimate of drug-likeness (QED) is 0.315. The Balaban J connectivity index is 2.94. The number of carbonyl (C=O) groups excluding carboxylic acids is 1. The maximum atomic E-state index is 9.87. The molecule has 0 atom stereocenters. The van der Waals surface area contributed by atoms with Crippen LogP contribution in [0.2, 0.25) is 0 Å². The number of unbranched alkanes of at least 4 members (excludes halogenated alkanes) is 3. The summed E-state index contributed by atoms with van der Waals surface area (Å²) in [7, 11) is 0. The Bertz CT molecular complexity index is 94.9. The van der Waals surface area contributed by atoms with Gasteiger partial charge in [0, 0.05) is 6.42 Å². The predicted molar refractivity (Wildman–Crippen MR) is 44.0 cm³/mol. The molecule has 1 nitrogen and oxygen atoms in total. The van der Waals surface area contributed by atoms with Crippen LogP contribution in [-0.2, 0) is 4.79 Å². The lowest BCUT2D eigenvalue weighted by atomic mass is 10.2. The SMILES string of the molecule is CCC/C=C/CCCC=O. The van der Waals surface area contributed by atoms with Crippen molar-refractivity contribution in [2.75, 3.05) is 0 Å². The molecular weight excluding hydrogens is 124 g/mol. The summed E-state index contributed by atoms with van der Waals surface area (Å²) in [6.45, 7) is 2.16. The van der Waals surface area contributed by atoms with E-state index in [0.29, 0.717) is 6.42 Å². The summed E-state index contributed by atoms with van der Waals surface area (Å²) in [6.07, 6.45) is 10.5. The molecule has 0 aromatic carbocycles. The normalized spacial score (nSPS) is 10.5. The maximum Gasteiger partial charge on any atom is 0.120 e. The van der Waals surface area contributed by atoms with Crippen LogP contribution < -0.4 is 0 Å². The monoisotopic (exact) mass is 140 g/mol. The van der Waals surface area contributed by atoms with E-state index in [1.54, 1.807) is 0 Å². The summed E-state index contributed by atoms with van der Waals surface area (Å²) in [4.78, 5) is 9.87.